The molecule has 5 nitrogen and oxygen atoms in total. The van der Waals surface area contributed by atoms with Gasteiger partial charge in [-0.15, -0.1) is 0 Å². The van der Waals surface area contributed by atoms with Gasteiger partial charge in [-0.2, -0.15) is 0 Å². The number of ketones is 1. The van der Waals surface area contributed by atoms with Gasteiger partial charge in [-0.25, -0.2) is 0 Å². The third-order valence-corrected chi connectivity index (χ3v) is 4.78. The molecule has 3 aromatic rings. The monoisotopic (exact) mass is 346 g/mol. The van der Waals surface area contributed by atoms with Crippen molar-refractivity contribution in [3.63, 3.8) is 0 Å². The smallest absolute Gasteiger partial charge is 0.192 e. The van der Waals surface area contributed by atoms with Gasteiger partial charge >= 0.3 is 0 Å². The van der Waals surface area contributed by atoms with E-state index >= 15 is 0 Å². The molecule has 0 spiro atoms. The Kier molecular flexibility index (Phi) is 3.72. The minimum Gasteiger partial charge on any atom is -0.461 e. The van der Waals surface area contributed by atoms with E-state index in [4.69, 9.17) is 4.42 Å². The lowest BCUT2D eigenvalue weighted by Crippen LogP contribution is -2.22. The van der Waals surface area contributed by atoms with Crippen LogP contribution in [0.5, 0.6) is 0 Å². The quantitative estimate of drug-likeness (QED) is 0.761. The summed E-state index contributed by atoms with van der Waals surface area (Å²) in [5.74, 6) is 0.174. The predicted molar refractivity (Wildman–Crippen MR) is 100 cm³/mol. The Bertz CT molecular complexity index is 1140. The zero-order chi connectivity index (χ0) is 18.4. The fourth-order valence-electron chi connectivity index (χ4n) is 3.73. The third-order valence-electron chi connectivity index (χ3n) is 4.78. The number of hydrogen-bond acceptors (Lipinski definition) is 5. The summed E-state index contributed by atoms with van der Waals surface area (Å²) in [6, 6.07) is 8.86. The highest BCUT2D eigenvalue weighted by Crippen LogP contribution is 2.43. The van der Waals surface area contributed by atoms with E-state index in [0.29, 0.717) is 22.3 Å². The summed E-state index contributed by atoms with van der Waals surface area (Å²) in [5, 5.41) is 3.80. The van der Waals surface area contributed by atoms with Gasteiger partial charge in [0.15, 0.2) is 11.2 Å². The molecule has 2 aromatic heterocycles. The number of fused-ring (bicyclic) bond motifs is 2. The maximum absolute atomic E-state index is 12.5. The largest absolute Gasteiger partial charge is 0.461 e. The summed E-state index contributed by atoms with van der Waals surface area (Å²) in [6.45, 7) is 5.20. The number of carbonyl (C=O) groups excluding carboxylic acids is 1. The van der Waals surface area contributed by atoms with E-state index < -0.39 is 0 Å². The number of Topliss-reactive ketones (excluding diaryl/α,β-unsaturated/α-hetero) is 1. The average Bonchev–Trinajstić information content (AvgIpc) is 2.60. The molecule has 0 amide bonds. The Labute approximate surface area is 150 Å². The second kappa shape index (κ2) is 5.95. The molecule has 0 radical (unpaired) electrons. The van der Waals surface area contributed by atoms with Crippen molar-refractivity contribution in [1.29, 1.82) is 0 Å². The lowest BCUT2D eigenvalue weighted by Gasteiger charge is -2.30. The second-order valence-electron chi connectivity index (χ2n) is 6.56. The number of nitrogens with one attached hydrogen (secondary N) is 1. The molecule has 0 saturated heterocycles. The normalized spacial score (nSPS) is 16.3. The van der Waals surface area contributed by atoms with Crippen molar-refractivity contribution >= 4 is 22.4 Å². The number of pyridine rings is 1. The molecule has 1 aliphatic heterocycles. The molecule has 0 fully saturated rings. The molecule has 1 atom stereocenters. The molecule has 1 N–H and O–H groups in total. The van der Waals surface area contributed by atoms with Crippen LogP contribution in [0, 0.1) is 6.92 Å². The Balaban J connectivity index is 2.10. The summed E-state index contributed by atoms with van der Waals surface area (Å²) in [6.07, 6.45) is 3.47. The van der Waals surface area contributed by atoms with Crippen molar-refractivity contribution in [1.82, 2.24) is 4.98 Å². The van der Waals surface area contributed by atoms with Crippen LogP contribution in [0.3, 0.4) is 0 Å². The maximum Gasteiger partial charge on any atom is 0.192 e. The Morgan fingerprint density at radius 1 is 1.19 bits per heavy atom. The highest BCUT2D eigenvalue weighted by atomic mass is 16.3. The van der Waals surface area contributed by atoms with Crippen LogP contribution >= 0.6 is 0 Å². The van der Waals surface area contributed by atoms with Gasteiger partial charge in [0.25, 0.3) is 0 Å². The number of aromatic nitrogens is 1. The molecule has 130 valence electrons. The second-order valence-corrected chi connectivity index (χ2v) is 6.56. The molecular formula is C21H18N2O3. The highest BCUT2D eigenvalue weighted by molar-refractivity contribution is 5.99. The lowest BCUT2D eigenvalue weighted by atomic mass is 9.79. The van der Waals surface area contributed by atoms with Gasteiger partial charge in [0.1, 0.15) is 11.3 Å². The summed E-state index contributed by atoms with van der Waals surface area (Å²) >= 11 is 0. The fourth-order valence-corrected chi connectivity index (χ4v) is 3.73. The van der Waals surface area contributed by atoms with Crippen molar-refractivity contribution in [2.24, 2.45) is 0 Å². The van der Waals surface area contributed by atoms with Crippen molar-refractivity contribution in [2.45, 2.75) is 26.7 Å². The molecule has 0 bridgehead atoms. The zero-order valence-electron chi connectivity index (χ0n) is 14.8. The third kappa shape index (κ3) is 2.44. The lowest BCUT2D eigenvalue weighted by molar-refractivity contribution is -0.113. The van der Waals surface area contributed by atoms with E-state index in [9.17, 15) is 9.59 Å². The summed E-state index contributed by atoms with van der Waals surface area (Å²) in [4.78, 5) is 29.1. The molecule has 1 unspecified atom stereocenters. The fraction of sp³-hybridized carbons (Fsp3) is 0.190. The van der Waals surface area contributed by atoms with Gasteiger partial charge in [0.05, 0.1) is 5.39 Å². The van der Waals surface area contributed by atoms with Crippen LogP contribution in [0.1, 0.15) is 36.7 Å². The average molecular weight is 346 g/mol. The van der Waals surface area contributed by atoms with Crippen LogP contribution in [0.2, 0.25) is 0 Å². The molecule has 3 heterocycles. The van der Waals surface area contributed by atoms with Gasteiger partial charge in [-0.3, -0.25) is 14.6 Å². The van der Waals surface area contributed by atoms with Crippen LogP contribution in [0.15, 0.2) is 63.2 Å². The molecular weight excluding hydrogens is 328 g/mol. The van der Waals surface area contributed by atoms with E-state index in [0.717, 1.165) is 22.5 Å². The Morgan fingerprint density at radius 2 is 2.00 bits per heavy atom. The van der Waals surface area contributed by atoms with E-state index in [1.807, 2.05) is 25.1 Å². The summed E-state index contributed by atoms with van der Waals surface area (Å²) < 4.78 is 5.93. The van der Waals surface area contributed by atoms with Crippen LogP contribution in [-0.2, 0) is 4.79 Å². The minimum absolute atomic E-state index is 0.0264. The molecule has 0 aliphatic carbocycles. The van der Waals surface area contributed by atoms with Crippen molar-refractivity contribution in [2.75, 3.05) is 5.32 Å². The van der Waals surface area contributed by atoms with E-state index in [1.54, 1.807) is 32.3 Å². The number of anilines is 1. The standard InChI is InChI=1S/C21H18N2O3/c1-11-9-18(25)14-5-4-6-15(21(14)26-11)20-16-10-22-8-7-17(16)23-12(2)19(20)13(3)24/h4-10,20,23H,1-3H3. The molecule has 5 heteroatoms. The van der Waals surface area contributed by atoms with Gasteiger partial charge in [-0.05, 0) is 32.9 Å². The van der Waals surface area contributed by atoms with E-state index in [1.165, 1.54) is 6.07 Å². The number of carbonyl (C=O) groups is 1. The first-order valence-corrected chi connectivity index (χ1v) is 8.43. The molecule has 0 saturated carbocycles. The molecule has 1 aliphatic rings. The molecule has 1 aromatic carbocycles. The first kappa shape index (κ1) is 16.3. The van der Waals surface area contributed by atoms with E-state index in [-0.39, 0.29) is 17.1 Å². The first-order chi connectivity index (χ1) is 12.5. The SMILES string of the molecule is CC(=O)C1=C(C)Nc2ccncc2C1c1cccc2c(=O)cc(C)oc12. The predicted octanol–water partition coefficient (Wildman–Crippen LogP) is 3.92. The number of para-hydroxylation sites is 1. The topological polar surface area (TPSA) is 72.2 Å². The first-order valence-electron chi connectivity index (χ1n) is 8.43. The Hall–Kier alpha value is -3.21. The van der Waals surface area contributed by atoms with Gasteiger partial charge in [-0.1, -0.05) is 12.1 Å². The summed E-state index contributed by atoms with van der Waals surface area (Å²) in [5.41, 5.74) is 4.47. The van der Waals surface area contributed by atoms with Gasteiger partial charge < -0.3 is 9.73 Å². The number of hydrogen-bond donors (Lipinski definition) is 1. The van der Waals surface area contributed by atoms with Crippen LogP contribution in [-0.4, -0.2) is 10.8 Å². The van der Waals surface area contributed by atoms with Crippen LogP contribution in [0.25, 0.3) is 11.0 Å². The van der Waals surface area contributed by atoms with Gasteiger partial charge in [0.2, 0.25) is 0 Å². The molecule has 26 heavy (non-hydrogen) atoms. The summed E-state index contributed by atoms with van der Waals surface area (Å²) in [7, 11) is 0. The van der Waals surface area contributed by atoms with Crippen molar-refractivity contribution < 1.29 is 9.21 Å². The maximum atomic E-state index is 12.5. The van der Waals surface area contributed by atoms with Gasteiger partial charge in [0, 0.05) is 52.5 Å². The number of nitrogens with zero attached hydrogens (tertiary/aromatic N) is 1. The van der Waals surface area contributed by atoms with E-state index in [2.05, 4.69) is 10.3 Å². The van der Waals surface area contributed by atoms with Crippen molar-refractivity contribution in [3.8, 4) is 0 Å². The highest BCUT2D eigenvalue weighted by Gasteiger charge is 2.32. The number of benzene rings is 1. The van der Waals surface area contributed by atoms with Crippen molar-refractivity contribution in [3.05, 3.63) is 81.1 Å². The van der Waals surface area contributed by atoms with Crippen LogP contribution in [0.4, 0.5) is 5.69 Å². The Morgan fingerprint density at radius 3 is 2.77 bits per heavy atom. The van der Waals surface area contributed by atoms with Crippen LogP contribution < -0.4 is 10.7 Å². The molecule has 4 rings (SSSR count). The number of rotatable bonds is 2. The number of allylic oxidation sites excluding steroid dienone is 2. The number of aryl methyl sites for hydroxylation is 1. The minimum atomic E-state index is -0.342. The zero-order valence-corrected chi connectivity index (χ0v) is 14.8.